The number of aromatic nitrogens is 1. The lowest BCUT2D eigenvalue weighted by molar-refractivity contribution is 0.309. The van der Waals surface area contributed by atoms with Gasteiger partial charge in [-0.3, -0.25) is 4.98 Å². The topological polar surface area (TPSA) is 28.2 Å². The van der Waals surface area contributed by atoms with Gasteiger partial charge in [0, 0.05) is 37.9 Å². The highest BCUT2D eigenvalue weighted by atomic mass is 15.1. The lowest BCUT2D eigenvalue weighted by Crippen LogP contribution is -2.27. The summed E-state index contributed by atoms with van der Waals surface area (Å²) in [5.41, 5.74) is 3.95. The van der Waals surface area contributed by atoms with Crippen LogP contribution in [-0.4, -0.2) is 30.5 Å². The summed E-state index contributed by atoms with van der Waals surface area (Å²) in [6, 6.07) is 2.27. The van der Waals surface area contributed by atoms with Crippen LogP contribution in [0.15, 0.2) is 12.3 Å². The Labute approximate surface area is 85.1 Å². The van der Waals surface area contributed by atoms with E-state index < -0.39 is 0 Å². The second-order valence-corrected chi connectivity index (χ2v) is 3.97. The molecular formula is C11H17N3. The Bertz CT molecular complexity index is 322. The maximum atomic E-state index is 4.51. The van der Waals surface area contributed by atoms with Crippen molar-refractivity contribution in [2.24, 2.45) is 0 Å². The van der Waals surface area contributed by atoms with Gasteiger partial charge in [-0.2, -0.15) is 0 Å². The molecular weight excluding hydrogens is 174 g/mol. The van der Waals surface area contributed by atoms with Crippen molar-refractivity contribution in [3.8, 4) is 0 Å². The molecule has 0 fully saturated rings. The Kier molecular flexibility index (Phi) is 2.79. The molecule has 0 bridgehead atoms. The van der Waals surface area contributed by atoms with Crippen molar-refractivity contribution in [2.75, 3.05) is 20.6 Å². The van der Waals surface area contributed by atoms with Gasteiger partial charge >= 0.3 is 0 Å². The van der Waals surface area contributed by atoms with E-state index >= 15 is 0 Å². The summed E-state index contributed by atoms with van der Waals surface area (Å²) in [5.74, 6) is 0. The second-order valence-electron chi connectivity index (χ2n) is 3.97. The highest BCUT2D eigenvalue weighted by molar-refractivity contribution is 5.27. The van der Waals surface area contributed by atoms with Crippen LogP contribution in [0.5, 0.6) is 0 Å². The van der Waals surface area contributed by atoms with Crippen molar-refractivity contribution in [1.82, 2.24) is 15.2 Å². The molecule has 0 saturated heterocycles. The molecule has 1 aliphatic heterocycles. The smallest absolute Gasteiger partial charge is 0.0461 e. The average Bonchev–Trinajstić information content (AvgIpc) is 2.17. The van der Waals surface area contributed by atoms with Crippen LogP contribution < -0.4 is 5.32 Å². The molecule has 1 aliphatic rings. The lowest BCUT2D eigenvalue weighted by Gasteiger charge is -2.24. The molecule has 1 aromatic heterocycles. The predicted molar refractivity (Wildman–Crippen MR) is 57.0 cm³/mol. The molecule has 1 N–H and O–H groups in total. The first-order valence-corrected chi connectivity index (χ1v) is 5.09. The van der Waals surface area contributed by atoms with Gasteiger partial charge in [0.1, 0.15) is 0 Å². The van der Waals surface area contributed by atoms with Gasteiger partial charge < -0.3 is 10.2 Å². The van der Waals surface area contributed by atoms with E-state index in [9.17, 15) is 0 Å². The highest BCUT2D eigenvalue weighted by Gasteiger charge is 2.14. The second kappa shape index (κ2) is 4.07. The summed E-state index contributed by atoms with van der Waals surface area (Å²) < 4.78 is 0. The van der Waals surface area contributed by atoms with Crippen molar-refractivity contribution in [2.45, 2.75) is 19.5 Å². The van der Waals surface area contributed by atoms with Gasteiger partial charge in [-0.1, -0.05) is 0 Å². The predicted octanol–water partition coefficient (Wildman–Crippen LogP) is 0.789. The Morgan fingerprint density at radius 1 is 1.57 bits per heavy atom. The van der Waals surface area contributed by atoms with Crippen LogP contribution in [0.1, 0.15) is 16.8 Å². The summed E-state index contributed by atoms with van der Waals surface area (Å²) in [7, 11) is 4.12. The van der Waals surface area contributed by atoms with Crippen molar-refractivity contribution in [3.05, 3.63) is 29.1 Å². The van der Waals surface area contributed by atoms with Gasteiger partial charge in [-0.15, -0.1) is 0 Å². The van der Waals surface area contributed by atoms with Gasteiger partial charge in [0.15, 0.2) is 0 Å². The van der Waals surface area contributed by atoms with Gasteiger partial charge in [0.05, 0.1) is 0 Å². The zero-order chi connectivity index (χ0) is 9.97. The van der Waals surface area contributed by atoms with Crippen molar-refractivity contribution in [3.63, 3.8) is 0 Å². The first kappa shape index (κ1) is 9.62. The Morgan fingerprint density at radius 3 is 3.21 bits per heavy atom. The molecule has 1 aromatic rings. The van der Waals surface area contributed by atoms with Gasteiger partial charge in [0.25, 0.3) is 0 Å². The zero-order valence-electron chi connectivity index (χ0n) is 8.88. The zero-order valence-corrected chi connectivity index (χ0v) is 8.88. The average molecular weight is 191 g/mol. The molecule has 0 unspecified atom stereocenters. The fourth-order valence-corrected chi connectivity index (χ4v) is 1.92. The first-order chi connectivity index (χ1) is 6.79. The number of hydrogen-bond donors (Lipinski definition) is 1. The standard InChI is InChI=1S/C11H17N3/c1-12-6-9-5-10-8-14(2)4-3-11(10)13-7-9/h5,7,12H,3-4,6,8H2,1-2H3. The summed E-state index contributed by atoms with van der Waals surface area (Å²) in [4.78, 5) is 6.85. The van der Waals surface area contributed by atoms with Gasteiger partial charge in [0.2, 0.25) is 0 Å². The molecule has 76 valence electrons. The van der Waals surface area contributed by atoms with Crippen LogP contribution in [0.4, 0.5) is 0 Å². The van der Waals surface area contributed by atoms with Crippen molar-refractivity contribution < 1.29 is 0 Å². The third-order valence-corrected chi connectivity index (χ3v) is 2.67. The number of hydrogen-bond acceptors (Lipinski definition) is 3. The van der Waals surface area contributed by atoms with E-state index in [0.717, 1.165) is 26.1 Å². The molecule has 0 amide bonds. The van der Waals surface area contributed by atoms with Crippen LogP contribution in [0, 0.1) is 0 Å². The van der Waals surface area contributed by atoms with Gasteiger partial charge in [-0.25, -0.2) is 0 Å². The minimum Gasteiger partial charge on any atom is -0.316 e. The number of nitrogens with one attached hydrogen (secondary N) is 1. The molecule has 0 atom stereocenters. The molecule has 0 radical (unpaired) electrons. The Balaban J connectivity index is 2.24. The molecule has 2 rings (SSSR count). The SMILES string of the molecule is CNCc1cnc2c(c1)CN(C)CC2. The number of likely N-dealkylation sites (N-methyl/N-ethyl adjacent to an activating group) is 1. The Hall–Kier alpha value is -0.930. The van der Waals surface area contributed by atoms with Crippen LogP contribution in [0.3, 0.4) is 0 Å². The van der Waals surface area contributed by atoms with E-state index in [1.807, 2.05) is 13.2 Å². The van der Waals surface area contributed by atoms with E-state index in [0.29, 0.717) is 0 Å². The number of fused-ring (bicyclic) bond motifs is 1. The van der Waals surface area contributed by atoms with E-state index in [-0.39, 0.29) is 0 Å². The van der Waals surface area contributed by atoms with E-state index in [4.69, 9.17) is 0 Å². The molecule has 14 heavy (non-hydrogen) atoms. The largest absolute Gasteiger partial charge is 0.316 e. The minimum atomic E-state index is 0.907. The van der Waals surface area contributed by atoms with Crippen LogP contribution in [-0.2, 0) is 19.5 Å². The van der Waals surface area contributed by atoms with E-state index in [1.165, 1.54) is 16.8 Å². The summed E-state index contributed by atoms with van der Waals surface area (Å²) in [5, 5.41) is 3.15. The van der Waals surface area contributed by atoms with Crippen molar-refractivity contribution >= 4 is 0 Å². The summed E-state index contributed by atoms with van der Waals surface area (Å²) in [6.07, 6.45) is 3.08. The summed E-state index contributed by atoms with van der Waals surface area (Å²) >= 11 is 0. The molecule has 0 spiro atoms. The minimum absolute atomic E-state index is 0.907. The fraction of sp³-hybridized carbons (Fsp3) is 0.545. The normalized spacial score (nSPS) is 16.7. The van der Waals surface area contributed by atoms with Crippen LogP contribution in [0.25, 0.3) is 0 Å². The van der Waals surface area contributed by atoms with Crippen LogP contribution in [0.2, 0.25) is 0 Å². The lowest BCUT2D eigenvalue weighted by atomic mass is 10.0. The molecule has 2 heterocycles. The van der Waals surface area contributed by atoms with E-state index in [2.05, 4.69) is 28.3 Å². The highest BCUT2D eigenvalue weighted by Crippen LogP contribution is 2.16. The third-order valence-electron chi connectivity index (χ3n) is 2.67. The molecule has 0 aromatic carbocycles. The summed E-state index contributed by atoms with van der Waals surface area (Å²) in [6.45, 7) is 3.08. The fourth-order valence-electron chi connectivity index (χ4n) is 1.92. The van der Waals surface area contributed by atoms with Crippen molar-refractivity contribution in [1.29, 1.82) is 0 Å². The third kappa shape index (κ3) is 1.94. The number of pyridine rings is 1. The number of rotatable bonds is 2. The monoisotopic (exact) mass is 191 g/mol. The maximum absolute atomic E-state index is 4.51. The molecule has 0 aliphatic carbocycles. The van der Waals surface area contributed by atoms with E-state index in [1.54, 1.807) is 0 Å². The first-order valence-electron chi connectivity index (χ1n) is 5.09. The maximum Gasteiger partial charge on any atom is 0.0461 e. The Morgan fingerprint density at radius 2 is 2.43 bits per heavy atom. The molecule has 3 heteroatoms. The molecule has 3 nitrogen and oxygen atoms in total. The van der Waals surface area contributed by atoms with Gasteiger partial charge in [-0.05, 0) is 31.3 Å². The quantitative estimate of drug-likeness (QED) is 0.749. The van der Waals surface area contributed by atoms with Crippen LogP contribution >= 0.6 is 0 Å². The number of nitrogens with zero attached hydrogens (tertiary/aromatic N) is 2. The molecule has 0 saturated carbocycles.